The van der Waals surface area contributed by atoms with Gasteiger partial charge in [0.15, 0.2) is 0 Å². The molecule has 0 aliphatic heterocycles. The fourth-order valence-electron chi connectivity index (χ4n) is 4.26. The van der Waals surface area contributed by atoms with Gasteiger partial charge in [0.2, 0.25) is 11.8 Å². The minimum absolute atomic E-state index is 0.0800. The first kappa shape index (κ1) is 30.2. The number of halogens is 1. The molecule has 0 bridgehead atoms. The van der Waals surface area contributed by atoms with Crippen molar-refractivity contribution in [2.75, 3.05) is 17.9 Å². The smallest absolute Gasteiger partial charge is 0.264 e. The molecule has 0 radical (unpaired) electrons. The van der Waals surface area contributed by atoms with Crippen molar-refractivity contribution in [1.82, 2.24) is 10.2 Å². The third kappa shape index (κ3) is 7.40. The average molecular weight is 570 g/mol. The van der Waals surface area contributed by atoms with E-state index < -0.39 is 28.5 Å². The minimum atomic E-state index is -4.10. The number of rotatable bonds is 11. The molecule has 0 saturated carbocycles. The Labute approximate surface area is 236 Å². The molecule has 0 saturated heterocycles. The van der Waals surface area contributed by atoms with Crippen molar-refractivity contribution in [2.45, 2.75) is 57.5 Å². The van der Waals surface area contributed by atoms with E-state index in [1.165, 1.54) is 24.1 Å². The van der Waals surface area contributed by atoms with Crippen molar-refractivity contribution in [3.63, 3.8) is 0 Å². The Morgan fingerprint density at radius 1 is 0.923 bits per heavy atom. The Morgan fingerprint density at radius 2 is 1.51 bits per heavy atom. The van der Waals surface area contributed by atoms with Gasteiger partial charge in [0.05, 0.1) is 10.6 Å². The molecule has 0 heterocycles. The van der Waals surface area contributed by atoms with Gasteiger partial charge in [0.1, 0.15) is 12.6 Å². The van der Waals surface area contributed by atoms with Crippen molar-refractivity contribution >= 4 is 39.1 Å². The summed E-state index contributed by atoms with van der Waals surface area (Å²) in [6.07, 6.45) is 0.354. The summed E-state index contributed by atoms with van der Waals surface area (Å²) in [4.78, 5) is 28.2. The lowest BCUT2D eigenvalue weighted by molar-refractivity contribution is -0.140. The van der Waals surface area contributed by atoms with Crippen LogP contribution in [0.4, 0.5) is 5.69 Å². The number of likely N-dealkylation sites (N-methyl/N-ethyl adjacent to an activating group) is 1. The molecule has 0 aliphatic carbocycles. The third-order valence-corrected chi connectivity index (χ3v) is 8.67. The molecule has 3 aromatic rings. The van der Waals surface area contributed by atoms with Gasteiger partial charge >= 0.3 is 0 Å². The van der Waals surface area contributed by atoms with E-state index in [9.17, 15) is 18.0 Å². The number of benzene rings is 3. The summed E-state index contributed by atoms with van der Waals surface area (Å²) in [6, 6.07) is 19.9. The largest absolute Gasteiger partial charge is 0.357 e. The number of aryl methyl sites for hydroxylation is 1. The van der Waals surface area contributed by atoms with Gasteiger partial charge in [0, 0.05) is 18.6 Å². The Balaban J connectivity index is 2.06. The van der Waals surface area contributed by atoms with Crippen LogP contribution < -0.4 is 9.62 Å². The van der Waals surface area contributed by atoms with Gasteiger partial charge in [-0.2, -0.15) is 0 Å². The molecule has 3 aromatic carbocycles. The van der Waals surface area contributed by atoms with Crippen LogP contribution in [0.15, 0.2) is 77.7 Å². The second-order valence-electron chi connectivity index (χ2n) is 9.76. The molecule has 1 unspecified atom stereocenters. The Bertz CT molecular complexity index is 1370. The molecule has 1 N–H and O–H groups in total. The molecule has 2 amide bonds. The predicted molar refractivity (Wildman–Crippen MR) is 156 cm³/mol. The van der Waals surface area contributed by atoms with E-state index in [1.54, 1.807) is 48.5 Å². The molecule has 9 heteroatoms. The summed E-state index contributed by atoms with van der Waals surface area (Å²) >= 11 is 6.04. The lowest BCUT2D eigenvalue weighted by Gasteiger charge is -2.33. The average Bonchev–Trinajstić information content (AvgIpc) is 2.92. The maximum absolute atomic E-state index is 13.9. The molecule has 1 atom stereocenters. The second kappa shape index (κ2) is 13.1. The highest BCUT2D eigenvalue weighted by molar-refractivity contribution is 7.92. The van der Waals surface area contributed by atoms with E-state index in [1.807, 2.05) is 26.0 Å². The highest BCUT2D eigenvalue weighted by Gasteiger charge is 2.33. The first-order chi connectivity index (χ1) is 18.5. The Morgan fingerprint density at radius 3 is 2.03 bits per heavy atom. The maximum Gasteiger partial charge on any atom is 0.264 e. The summed E-state index contributed by atoms with van der Waals surface area (Å²) in [7, 11) is -2.59. The standard InChI is InChI=1S/C30H36ClN3O4S/c1-6-28(30(36)32-5)33(19-23-9-13-25(31)14-10-23)29(35)20-34(26-15-11-24(12-16-26)21(2)3)39(37,38)27-17-7-22(4)8-18-27/h7-18,21,28H,6,19-20H2,1-5H3,(H,32,36). The molecular weight excluding hydrogens is 534 g/mol. The molecular formula is C30H36ClN3O4S. The van der Waals surface area contributed by atoms with Crippen LogP contribution >= 0.6 is 11.6 Å². The number of anilines is 1. The minimum Gasteiger partial charge on any atom is -0.357 e. The summed E-state index contributed by atoms with van der Waals surface area (Å²) in [5.74, 6) is -0.561. The van der Waals surface area contributed by atoms with Crippen LogP contribution in [0.25, 0.3) is 0 Å². The van der Waals surface area contributed by atoms with Crippen molar-refractivity contribution in [3.8, 4) is 0 Å². The number of carbonyl (C=O) groups is 2. The number of sulfonamides is 1. The molecule has 0 aromatic heterocycles. The zero-order valence-corrected chi connectivity index (χ0v) is 24.6. The van der Waals surface area contributed by atoms with Gasteiger partial charge in [0.25, 0.3) is 10.0 Å². The number of nitrogens with one attached hydrogen (secondary N) is 1. The fraction of sp³-hybridized carbons (Fsp3) is 0.333. The first-order valence-corrected chi connectivity index (χ1v) is 14.7. The fourth-order valence-corrected chi connectivity index (χ4v) is 5.80. The van der Waals surface area contributed by atoms with Crippen molar-refractivity contribution < 1.29 is 18.0 Å². The highest BCUT2D eigenvalue weighted by Crippen LogP contribution is 2.27. The van der Waals surface area contributed by atoms with Gasteiger partial charge in [-0.1, -0.05) is 74.3 Å². The number of hydrogen-bond donors (Lipinski definition) is 1. The van der Waals surface area contributed by atoms with Crippen molar-refractivity contribution in [2.24, 2.45) is 0 Å². The summed E-state index contributed by atoms with van der Waals surface area (Å²) in [5, 5.41) is 3.17. The normalized spacial score (nSPS) is 12.2. The van der Waals surface area contributed by atoms with Crippen LogP contribution in [0.3, 0.4) is 0 Å². The summed E-state index contributed by atoms with van der Waals surface area (Å²) in [5.41, 5.74) is 3.10. The number of nitrogens with zero attached hydrogens (tertiary/aromatic N) is 2. The molecule has 0 fully saturated rings. The van der Waals surface area contributed by atoms with E-state index in [0.29, 0.717) is 17.1 Å². The van der Waals surface area contributed by atoms with Gasteiger partial charge in [-0.25, -0.2) is 8.42 Å². The van der Waals surface area contributed by atoms with Crippen LogP contribution in [0.1, 0.15) is 49.8 Å². The van der Waals surface area contributed by atoms with E-state index >= 15 is 0 Å². The lowest BCUT2D eigenvalue weighted by atomic mass is 10.0. The highest BCUT2D eigenvalue weighted by atomic mass is 35.5. The maximum atomic E-state index is 13.9. The molecule has 7 nitrogen and oxygen atoms in total. The second-order valence-corrected chi connectivity index (χ2v) is 12.1. The predicted octanol–water partition coefficient (Wildman–Crippen LogP) is 5.52. The van der Waals surface area contributed by atoms with Gasteiger partial charge in [-0.15, -0.1) is 0 Å². The van der Waals surface area contributed by atoms with Crippen LogP contribution in [0.5, 0.6) is 0 Å². The van der Waals surface area contributed by atoms with Gasteiger partial charge in [-0.3, -0.25) is 13.9 Å². The zero-order chi connectivity index (χ0) is 28.7. The quantitative estimate of drug-likeness (QED) is 0.329. The zero-order valence-electron chi connectivity index (χ0n) is 23.0. The lowest BCUT2D eigenvalue weighted by Crippen LogP contribution is -2.51. The van der Waals surface area contributed by atoms with E-state index in [-0.39, 0.29) is 23.3 Å². The van der Waals surface area contributed by atoms with Crippen LogP contribution in [-0.4, -0.2) is 44.8 Å². The summed E-state index contributed by atoms with van der Waals surface area (Å²) < 4.78 is 28.9. The molecule has 0 aliphatic rings. The summed E-state index contributed by atoms with van der Waals surface area (Å²) in [6.45, 7) is 7.44. The molecule has 0 spiro atoms. The topological polar surface area (TPSA) is 86.8 Å². The van der Waals surface area contributed by atoms with E-state index in [2.05, 4.69) is 19.2 Å². The molecule has 39 heavy (non-hydrogen) atoms. The third-order valence-electron chi connectivity index (χ3n) is 6.63. The van der Waals surface area contributed by atoms with Gasteiger partial charge in [-0.05, 0) is 66.8 Å². The van der Waals surface area contributed by atoms with E-state index in [0.717, 1.165) is 21.0 Å². The van der Waals surface area contributed by atoms with E-state index in [4.69, 9.17) is 11.6 Å². The van der Waals surface area contributed by atoms with Gasteiger partial charge < -0.3 is 10.2 Å². The molecule has 3 rings (SSSR count). The van der Waals surface area contributed by atoms with Crippen molar-refractivity contribution in [1.29, 1.82) is 0 Å². The van der Waals surface area contributed by atoms with Crippen LogP contribution in [-0.2, 0) is 26.2 Å². The number of carbonyl (C=O) groups excluding carboxylic acids is 2. The Hall–Kier alpha value is -3.36. The van der Waals surface area contributed by atoms with Crippen LogP contribution in [0, 0.1) is 6.92 Å². The SMILES string of the molecule is CCC(C(=O)NC)N(Cc1ccc(Cl)cc1)C(=O)CN(c1ccc(C(C)C)cc1)S(=O)(=O)c1ccc(C)cc1. The van der Waals surface area contributed by atoms with Crippen LogP contribution in [0.2, 0.25) is 5.02 Å². The first-order valence-electron chi connectivity index (χ1n) is 12.9. The van der Waals surface area contributed by atoms with Crippen molar-refractivity contribution in [3.05, 3.63) is 94.5 Å². The Kier molecular flexibility index (Phi) is 10.2. The number of amides is 2. The monoisotopic (exact) mass is 569 g/mol. The number of hydrogen-bond acceptors (Lipinski definition) is 4. The molecule has 208 valence electrons.